The number of rotatable bonds is 7. The molecule has 1 saturated carbocycles. The largest absolute Gasteiger partial charge is 0.309 e. The number of anilines is 3. The maximum absolute atomic E-state index is 2.61. The van der Waals surface area contributed by atoms with Gasteiger partial charge in [-0.25, -0.2) is 0 Å². The molecule has 1 heteroatoms. The highest BCUT2D eigenvalue weighted by Crippen LogP contribution is 2.57. The second kappa shape index (κ2) is 15.1. The van der Waals surface area contributed by atoms with Crippen molar-refractivity contribution >= 4 is 27.8 Å². The Hall–Kier alpha value is -6.96. The highest BCUT2D eigenvalue weighted by atomic mass is 15.2. The third-order valence-corrected chi connectivity index (χ3v) is 15.4. The van der Waals surface area contributed by atoms with Gasteiger partial charge in [-0.1, -0.05) is 209 Å². The van der Waals surface area contributed by atoms with E-state index in [0.29, 0.717) is 5.92 Å². The first-order chi connectivity index (χ1) is 31.4. The average molecular weight is 824 g/mol. The van der Waals surface area contributed by atoms with Gasteiger partial charge in [0.2, 0.25) is 0 Å². The van der Waals surface area contributed by atoms with Crippen LogP contribution in [0.3, 0.4) is 0 Å². The Morgan fingerprint density at radius 1 is 0.406 bits per heavy atom. The Labute approximate surface area is 378 Å². The van der Waals surface area contributed by atoms with Crippen molar-refractivity contribution in [3.63, 3.8) is 0 Å². The van der Waals surface area contributed by atoms with Crippen LogP contribution in [0.2, 0.25) is 0 Å². The molecular weight excluding hydrogens is 771 g/mol. The lowest BCUT2D eigenvalue weighted by Crippen LogP contribution is -2.22. The number of benzene rings is 9. The highest BCUT2D eigenvalue weighted by Gasteiger charge is 2.42. The number of nitrogens with zero attached hydrogens (tertiary/aromatic N) is 1. The molecule has 0 heterocycles. The van der Waals surface area contributed by atoms with Crippen LogP contribution in [0.4, 0.5) is 17.1 Å². The van der Waals surface area contributed by atoms with Gasteiger partial charge < -0.3 is 4.90 Å². The monoisotopic (exact) mass is 823 g/mol. The molecule has 12 rings (SSSR count). The van der Waals surface area contributed by atoms with Gasteiger partial charge in [-0.2, -0.15) is 0 Å². The van der Waals surface area contributed by atoms with E-state index in [1.54, 1.807) is 0 Å². The van der Waals surface area contributed by atoms with Crippen LogP contribution in [-0.4, -0.2) is 0 Å². The molecule has 0 N–H and O–H groups in total. The molecule has 1 nitrogen and oxygen atoms in total. The number of hydrogen-bond donors (Lipinski definition) is 0. The summed E-state index contributed by atoms with van der Waals surface area (Å²) >= 11 is 0. The van der Waals surface area contributed by atoms with E-state index in [9.17, 15) is 0 Å². The van der Waals surface area contributed by atoms with Gasteiger partial charge in [-0.05, 0) is 122 Å². The van der Waals surface area contributed by atoms with E-state index in [2.05, 4.69) is 226 Å². The Morgan fingerprint density at radius 3 is 1.75 bits per heavy atom. The second-order valence-corrected chi connectivity index (χ2v) is 19.1. The van der Waals surface area contributed by atoms with Crippen LogP contribution in [-0.2, 0) is 10.8 Å². The van der Waals surface area contributed by atoms with Gasteiger partial charge in [-0.3, -0.25) is 0 Å². The molecule has 0 bridgehead atoms. The third-order valence-electron chi connectivity index (χ3n) is 15.4. The first-order valence-electron chi connectivity index (χ1n) is 23.5. The summed E-state index contributed by atoms with van der Waals surface area (Å²) in [5, 5.41) is 2.72. The number of hydrogen-bond acceptors (Lipinski definition) is 1. The number of para-hydroxylation sites is 2. The lowest BCUT2D eigenvalue weighted by Gasteiger charge is -2.33. The smallest absolute Gasteiger partial charge is 0.0543 e. The molecule has 64 heavy (non-hydrogen) atoms. The molecular formula is C63H53N. The van der Waals surface area contributed by atoms with Crippen molar-refractivity contribution in [2.75, 3.05) is 4.90 Å². The summed E-state index contributed by atoms with van der Waals surface area (Å²) in [5.41, 5.74) is 21.6. The molecule has 310 valence electrons. The molecule has 0 radical (unpaired) electrons. The average Bonchev–Trinajstić information content (AvgIpc) is 3.76. The fourth-order valence-electron chi connectivity index (χ4n) is 12.2. The lowest BCUT2D eigenvalue weighted by molar-refractivity contribution is 0.445. The van der Waals surface area contributed by atoms with E-state index >= 15 is 0 Å². The maximum Gasteiger partial charge on any atom is 0.0543 e. The van der Waals surface area contributed by atoms with Crippen molar-refractivity contribution in [2.24, 2.45) is 0 Å². The first-order valence-corrected chi connectivity index (χ1v) is 23.5. The van der Waals surface area contributed by atoms with E-state index < -0.39 is 0 Å². The molecule has 0 saturated heterocycles. The zero-order valence-electron chi connectivity index (χ0n) is 37.1. The Balaban J connectivity index is 1.12. The Bertz CT molecular complexity index is 3250. The van der Waals surface area contributed by atoms with E-state index in [1.807, 2.05) is 0 Å². The lowest BCUT2D eigenvalue weighted by atomic mass is 9.74. The minimum absolute atomic E-state index is 0.145. The Kier molecular flexibility index (Phi) is 9.13. The summed E-state index contributed by atoms with van der Waals surface area (Å²) in [6.45, 7) is 7.20. The van der Waals surface area contributed by atoms with E-state index in [4.69, 9.17) is 0 Å². The van der Waals surface area contributed by atoms with Gasteiger partial charge >= 0.3 is 0 Å². The van der Waals surface area contributed by atoms with Crippen LogP contribution in [0.25, 0.3) is 55.3 Å². The van der Waals surface area contributed by atoms with Crippen molar-refractivity contribution in [3.8, 4) is 44.5 Å². The van der Waals surface area contributed by atoms with Gasteiger partial charge in [0.25, 0.3) is 0 Å². The van der Waals surface area contributed by atoms with Crippen LogP contribution in [0.15, 0.2) is 200 Å². The summed E-state index contributed by atoms with van der Waals surface area (Å²) in [7, 11) is 0. The third kappa shape index (κ3) is 5.83. The summed E-state index contributed by atoms with van der Waals surface area (Å²) < 4.78 is 0. The molecule has 9 aromatic rings. The van der Waals surface area contributed by atoms with Gasteiger partial charge in [0.05, 0.1) is 17.1 Å². The Morgan fingerprint density at radius 2 is 0.969 bits per heavy atom. The van der Waals surface area contributed by atoms with Crippen molar-refractivity contribution in [1.82, 2.24) is 0 Å². The maximum atomic E-state index is 2.61. The van der Waals surface area contributed by atoms with Crippen molar-refractivity contribution in [1.29, 1.82) is 0 Å². The first kappa shape index (κ1) is 38.7. The van der Waals surface area contributed by atoms with E-state index in [0.717, 1.165) is 5.69 Å². The summed E-state index contributed by atoms with van der Waals surface area (Å²) in [4.78, 5) is 2.61. The molecule has 3 aliphatic carbocycles. The van der Waals surface area contributed by atoms with Gasteiger partial charge in [0.1, 0.15) is 0 Å². The molecule has 0 spiro atoms. The fraction of sp³-hybridized carbons (Fsp3) is 0.175. The summed E-state index contributed by atoms with van der Waals surface area (Å²) in [5.74, 6) is 0.575. The van der Waals surface area contributed by atoms with Crippen LogP contribution >= 0.6 is 0 Å². The normalized spacial score (nSPS) is 17.1. The van der Waals surface area contributed by atoms with Gasteiger partial charge in [-0.15, -0.1) is 0 Å². The van der Waals surface area contributed by atoms with Crippen molar-refractivity contribution < 1.29 is 0 Å². The van der Waals surface area contributed by atoms with Crippen molar-refractivity contribution in [2.45, 2.75) is 69.6 Å². The molecule has 0 aromatic heterocycles. The topological polar surface area (TPSA) is 3.24 Å². The minimum Gasteiger partial charge on any atom is -0.309 e. The van der Waals surface area contributed by atoms with Crippen LogP contribution in [0.1, 0.15) is 92.2 Å². The molecule has 1 fully saturated rings. The van der Waals surface area contributed by atoms with E-state index in [1.165, 1.54) is 132 Å². The standard InChI is InChI=1S/C63H53N/c1-62(2)53-33-14-11-30-52(53)61-55(62)35-20-38-59(61)64(58-37-17-13-29-50(58)51-32-19-24-43-23-18-31-47(60(43)51)42-21-6-4-7-22-42)57-36-16-12-27-46(57)44-39-40-49-48-28-10-15-34-54(48)63(3,56(49)41-44)45-25-8-5-9-26-45/h5,8-20,23-42H,4,6-7,21-22H2,1-3H3. The summed E-state index contributed by atoms with van der Waals surface area (Å²) in [6, 6.07) is 75.8. The molecule has 3 aliphatic rings. The quantitative estimate of drug-likeness (QED) is 0.155. The van der Waals surface area contributed by atoms with Crippen LogP contribution in [0.5, 0.6) is 0 Å². The second-order valence-electron chi connectivity index (χ2n) is 19.1. The fourth-order valence-corrected chi connectivity index (χ4v) is 12.2. The zero-order valence-corrected chi connectivity index (χ0v) is 37.1. The molecule has 0 aliphatic heterocycles. The van der Waals surface area contributed by atoms with Crippen LogP contribution < -0.4 is 4.90 Å². The number of fused-ring (bicyclic) bond motifs is 7. The minimum atomic E-state index is -0.301. The highest BCUT2D eigenvalue weighted by molar-refractivity contribution is 6.06. The molecule has 1 atom stereocenters. The predicted molar refractivity (Wildman–Crippen MR) is 270 cm³/mol. The zero-order chi connectivity index (χ0) is 43.0. The predicted octanol–water partition coefficient (Wildman–Crippen LogP) is 17.3. The van der Waals surface area contributed by atoms with E-state index in [-0.39, 0.29) is 10.8 Å². The summed E-state index contributed by atoms with van der Waals surface area (Å²) in [6.07, 6.45) is 6.47. The molecule has 1 unspecified atom stereocenters. The molecule has 0 amide bonds. The molecule has 9 aromatic carbocycles. The van der Waals surface area contributed by atoms with Crippen LogP contribution in [0, 0.1) is 0 Å². The van der Waals surface area contributed by atoms with Crippen molar-refractivity contribution in [3.05, 3.63) is 234 Å². The SMILES string of the molecule is CC1(C)c2ccccc2-c2c(N(c3ccccc3-c3ccc4c(c3)C(C)(c3ccccc3)c3ccccc3-4)c3ccccc3-c3cccc4cccc(C5CCCCC5)c34)cccc21. The van der Waals surface area contributed by atoms with Gasteiger partial charge in [0, 0.05) is 27.5 Å². The van der Waals surface area contributed by atoms with Gasteiger partial charge in [0.15, 0.2) is 0 Å².